The van der Waals surface area contributed by atoms with Gasteiger partial charge in [0, 0.05) is 6.54 Å². The van der Waals surface area contributed by atoms with E-state index < -0.39 is 14.6 Å². The summed E-state index contributed by atoms with van der Waals surface area (Å²) in [6, 6.07) is 3.44. The van der Waals surface area contributed by atoms with Crippen LogP contribution in [0, 0.1) is 6.92 Å². The maximum Gasteiger partial charge on any atom is 0.187 e. The summed E-state index contributed by atoms with van der Waals surface area (Å²) < 4.78 is 23.9. The van der Waals surface area contributed by atoms with Gasteiger partial charge in [-0.2, -0.15) is 0 Å². The van der Waals surface area contributed by atoms with Gasteiger partial charge in [-0.1, -0.05) is 11.6 Å². The minimum Gasteiger partial charge on any atom is -0.381 e. The molecule has 0 radical (unpaired) electrons. The lowest BCUT2D eigenvalue weighted by Crippen LogP contribution is -2.43. The highest BCUT2D eigenvalue weighted by Crippen LogP contribution is 2.40. The van der Waals surface area contributed by atoms with Gasteiger partial charge in [0.25, 0.3) is 0 Å². The largest absolute Gasteiger partial charge is 0.381 e. The molecule has 0 spiro atoms. The Kier molecular flexibility index (Phi) is 2.48. The van der Waals surface area contributed by atoms with Crippen LogP contribution in [0.5, 0.6) is 0 Å². The van der Waals surface area contributed by atoms with E-state index in [1.807, 2.05) is 6.92 Å². The third kappa shape index (κ3) is 1.52. The van der Waals surface area contributed by atoms with Gasteiger partial charge >= 0.3 is 0 Å². The SMILES string of the molecule is Cc1cc(Cl)c2c(c1)S(=O)(=O)C(C)(C)CN2. The second-order valence-electron chi connectivity index (χ2n) is 4.74. The summed E-state index contributed by atoms with van der Waals surface area (Å²) in [4.78, 5) is 0.314. The molecular weight excluding hydrogens is 246 g/mol. The lowest BCUT2D eigenvalue weighted by Gasteiger charge is -2.32. The van der Waals surface area contributed by atoms with Gasteiger partial charge < -0.3 is 5.32 Å². The number of benzene rings is 1. The number of anilines is 1. The Bertz CT molecular complexity index is 549. The van der Waals surface area contributed by atoms with Gasteiger partial charge in [-0.3, -0.25) is 0 Å². The molecule has 0 atom stereocenters. The number of halogens is 1. The molecule has 1 heterocycles. The van der Waals surface area contributed by atoms with Crippen molar-refractivity contribution in [1.82, 2.24) is 0 Å². The smallest absolute Gasteiger partial charge is 0.187 e. The Balaban J connectivity index is 2.78. The third-order valence-electron chi connectivity index (χ3n) is 2.91. The van der Waals surface area contributed by atoms with Crippen LogP contribution in [0.1, 0.15) is 19.4 Å². The molecule has 2 rings (SSSR count). The second kappa shape index (κ2) is 3.37. The molecule has 1 aliphatic rings. The highest BCUT2D eigenvalue weighted by atomic mass is 35.5. The van der Waals surface area contributed by atoms with Crippen LogP contribution in [0.2, 0.25) is 5.02 Å². The van der Waals surface area contributed by atoms with E-state index in [1.54, 1.807) is 26.0 Å². The maximum absolute atomic E-state index is 12.3. The summed E-state index contributed by atoms with van der Waals surface area (Å²) in [5, 5.41) is 3.56. The Morgan fingerprint density at radius 1 is 1.38 bits per heavy atom. The molecular formula is C11H14ClNO2S. The summed E-state index contributed by atoms with van der Waals surface area (Å²) in [5.74, 6) is 0. The Hall–Kier alpha value is -0.740. The Labute approximate surface area is 101 Å². The van der Waals surface area contributed by atoms with Crippen molar-refractivity contribution < 1.29 is 8.42 Å². The fourth-order valence-electron chi connectivity index (χ4n) is 1.79. The molecule has 88 valence electrons. The van der Waals surface area contributed by atoms with Crippen LogP contribution >= 0.6 is 11.6 Å². The average molecular weight is 260 g/mol. The van der Waals surface area contributed by atoms with E-state index >= 15 is 0 Å². The quantitative estimate of drug-likeness (QED) is 0.779. The van der Waals surface area contributed by atoms with Gasteiger partial charge in [-0.25, -0.2) is 8.42 Å². The molecule has 5 heteroatoms. The molecule has 0 saturated carbocycles. The predicted octanol–water partition coefficient (Wildman–Crippen LogP) is 2.63. The van der Waals surface area contributed by atoms with Crippen LogP contribution in [-0.2, 0) is 9.84 Å². The van der Waals surface area contributed by atoms with Crippen molar-refractivity contribution in [3.63, 3.8) is 0 Å². The molecule has 1 aromatic carbocycles. The van der Waals surface area contributed by atoms with Crippen molar-refractivity contribution in [2.75, 3.05) is 11.9 Å². The van der Waals surface area contributed by atoms with Crippen LogP contribution in [0.3, 0.4) is 0 Å². The first-order valence-electron chi connectivity index (χ1n) is 5.04. The number of hydrogen-bond donors (Lipinski definition) is 1. The number of aryl methyl sites for hydroxylation is 1. The monoisotopic (exact) mass is 259 g/mol. The molecule has 0 fully saturated rings. The van der Waals surface area contributed by atoms with Gasteiger partial charge in [-0.05, 0) is 38.5 Å². The van der Waals surface area contributed by atoms with Gasteiger partial charge in [0.05, 0.1) is 20.4 Å². The first-order valence-corrected chi connectivity index (χ1v) is 6.90. The van der Waals surface area contributed by atoms with E-state index in [2.05, 4.69) is 5.32 Å². The minimum atomic E-state index is -3.31. The first-order chi connectivity index (χ1) is 7.25. The van der Waals surface area contributed by atoms with Crippen LogP contribution < -0.4 is 5.32 Å². The van der Waals surface area contributed by atoms with E-state index in [0.29, 0.717) is 22.2 Å². The van der Waals surface area contributed by atoms with Crippen molar-refractivity contribution in [3.05, 3.63) is 22.7 Å². The molecule has 0 aromatic heterocycles. The van der Waals surface area contributed by atoms with Gasteiger partial charge in [-0.15, -0.1) is 0 Å². The summed E-state index contributed by atoms with van der Waals surface area (Å²) in [7, 11) is -3.31. The molecule has 1 aliphatic heterocycles. The topological polar surface area (TPSA) is 46.2 Å². The normalized spacial score (nSPS) is 21.0. The summed E-state index contributed by atoms with van der Waals surface area (Å²) >= 11 is 6.04. The van der Waals surface area contributed by atoms with Crippen LogP contribution in [0.15, 0.2) is 17.0 Å². The van der Waals surface area contributed by atoms with E-state index in [-0.39, 0.29) is 0 Å². The zero-order valence-electron chi connectivity index (χ0n) is 9.46. The van der Waals surface area contributed by atoms with E-state index in [1.165, 1.54) is 0 Å². The maximum atomic E-state index is 12.3. The summed E-state index contributed by atoms with van der Waals surface area (Å²) in [6.07, 6.45) is 0. The first kappa shape index (κ1) is 11.7. The fraction of sp³-hybridized carbons (Fsp3) is 0.455. The molecule has 1 aromatic rings. The second-order valence-corrected chi connectivity index (χ2v) is 7.70. The molecule has 0 amide bonds. The van der Waals surface area contributed by atoms with Crippen molar-refractivity contribution in [2.24, 2.45) is 0 Å². The highest BCUT2D eigenvalue weighted by Gasteiger charge is 2.41. The van der Waals surface area contributed by atoms with Gasteiger partial charge in [0.1, 0.15) is 0 Å². The van der Waals surface area contributed by atoms with Crippen molar-refractivity contribution in [3.8, 4) is 0 Å². The summed E-state index contributed by atoms with van der Waals surface area (Å²) in [5.41, 5.74) is 1.39. The molecule has 0 unspecified atom stereocenters. The lowest BCUT2D eigenvalue weighted by atomic mass is 10.1. The number of hydrogen-bond acceptors (Lipinski definition) is 3. The van der Waals surface area contributed by atoms with E-state index in [9.17, 15) is 8.42 Å². The fourth-order valence-corrected chi connectivity index (χ4v) is 3.83. The molecule has 0 bridgehead atoms. The van der Waals surface area contributed by atoms with Gasteiger partial charge in [0.2, 0.25) is 0 Å². The van der Waals surface area contributed by atoms with Crippen LogP contribution in [0.4, 0.5) is 5.69 Å². The van der Waals surface area contributed by atoms with E-state index in [0.717, 1.165) is 5.56 Å². The minimum absolute atomic E-state index is 0.314. The van der Waals surface area contributed by atoms with Crippen LogP contribution in [0.25, 0.3) is 0 Å². The Morgan fingerprint density at radius 3 is 2.62 bits per heavy atom. The number of nitrogens with one attached hydrogen (secondary N) is 1. The zero-order valence-corrected chi connectivity index (χ0v) is 11.0. The molecule has 0 aliphatic carbocycles. The van der Waals surface area contributed by atoms with Crippen LogP contribution in [-0.4, -0.2) is 19.7 Å². The van der Waals surface area contributed by atoms with Crippen molar-refractivity contribution >= 4 is 27.1 Å². The highest BCUT2D eigenvalue weighted by molar-refractivity contribution is 7.93. The zero-order chi connectivity index (χ0) is 12.1. The molecule has 3 nitrogen and oxygen atoms in total. The molecule has 0 saturated heterocycles. The molecule has 1 N–H and O–H groups in total. The van der Waals surface area contributed by atoms with Gasteiger partial charge in [0.15, 0.2) is 9.84 Å². The average Bonchev–Trinajstić information content (AvgIpc) is 2.13. The number of rotatable bonds is 0. The third-order valence-corrected chi connectivity index (χ3v) is 5.70. The van der Waals surface area contributed by atoms with Crippen molar-refractivity contribution in [2.45, 2.75) is 30.4 Å². The number of fused-ring (bicyclic) bond motifs is 1. The molecule has 16 heavy (non-hydrogen) atoms. The standard InChI is InChI=1S/C11H14ClNO2S/c1-7-4-8(12)10-9(5-7)16(14,15)11(2,3)6-13-10/h4-5,13H,6H2,1-3H3. The predicted molar refractivity (Wildman–Crippen MR) is 65.9 cm³/mol. The number of sulfone groups is 1. The van der Waals surface area contributed by atoms with Crippen molar-refractivity contribution in [1.29, 1.82) is 0 Å². The lowest BCUT2D eigenvalue weighted by molar-refractivity contribution is 0.548. The Morgan fingerprint density at radius 2 is 2.00 bits per heavy atom. The van der Waals surface area contributed by atoms with E-state index in [4.69, 9.17) is 11.6 Å². The summed E-state index contributed by atoms with van der Waals surface area (Å²) in [6.45, 7) is 5.65.